The van der Waals surface area contributed by atoms with Crippen molar-refractivity contribution < 1.29 is 14.5 Å². The lowest BCUT2D eigenvalue weighted by Crippen LogP contribution is -2.46. The second-order valence-corrected chi connectivity index (χ2v) is 7.30. The summed E-state index contributed by atoms with van der Waals surface area (Å²) < 4.78 is 5.32. The molecule has 0 unspecified atom stereocenters. The van der Waals surface area contributed by atoms with Gasteiger partial charge in [0, 0.05) is 37.3 Å². The van der Waals surface area contributed by atoms with Crippen LogP contribution in [0.2, 0.25) is 0 Å². The molecule has 156 valence electrons. The topological polar surface area (TPSA) is 88.0 Å². The third-order valence-electron chi connectivity index (χ3n) is 5.31. The normalized spacial score (nSPS) is 15.7. The molecule has 0 bridgehead atoms. The zero-order valence-electron chi connectivity index (χ0n) is 17.3. The molecule has 1 aliphatic rings. The van der Waals surface area contributed by atoms with E-state index in [-0.39, 0.29) is 17.6 Å². The first-order valence-electron chi connectivity index (χ1n) is 10.0. The summed E-state index contributed by atoms with van der Waals surface area (Å²) in [5, 5.41) is 14.5. The van der Waals surface area contributed by atoms with Crippen LogP contribution < -0.4 is 10.2 Å². The van der Waals surface area contributed by atoms with E-state index in [4.69, 9.17) is 4.74 Å². The molecule has 2 rings (SSSR count). The van der Waals surface area contributed by atoms with Crippen LogP contribution in [0.25, 0.3) is 0 Å². The monoisotopic (exact) mass is 392 g/mol. The Morgan fingerprint density at radius 3 is 2.46 bits per heavy atom. The molecule has 8 nitrogen and oxygen atoms in total. The molecule has 0 spiro atoms. The van der Waals surface area contributed by atoms with Crippen LogP contribution in [0.4, 0.5) is 11.4 Å². The number of rotatable bonds is 9. The Bertz CT molecular complexity index is 670. The van der Waals surface area contributed by atoms with E-state index >= 15 is 0 Å². The number of nitrogens with one attached hydrogen (secondary N) is 1. The van der Waals surface area contributed by atoms with E-state index in [9.17, 15) is 14.9 Å². The number of carbonyl (C=O) groups is 1. The summed E-state index contributed by atoms with van der Waals surface area (Å²) in [4.78, 5) is 28.0. The van der Waals surface area contributed by atoms with Gasteiger partial charge in [-0.2, -0.15) is 0 Å². The number of hydrogen-bond donors (Lipinski definition) is 1. The Balaban J connectivity index is 2.14. The summed E-state index contributed by atoms with van der Waals surface area (Å²) in [6, 6.07) is 4.93. The van der Waals surface area contributed by atoms with Crippen LogP contribution in [0, 0.1) is 16.0 Å². The van der Waals surface area contributed by atoms with Crippen molar-refractivity contribution >= 4 is 17.3 Å². The Morgan fingerprint density at radius 2 is 1.93 bits per heavy atom. The molecule has 8 heteroatoms. The predicted octanol–water partition coefficient (Wildman–Crippen LogP) is 2.53. The molecule has 0 saturated carbocycles. The van der Waals surface area contributed by atoms with Crippen molar-refractivity contribution in [2.45, 2.75) is 33.7 Å². The van der Waals surface area contributed by atoms with Gasteiger partial charge in [-0.05, 0) is 31.1 Å². The molecule has 1 atom stereocenters. The van der Waals surface area contributed by atoms with Crippen molar-refractivity contribution in [2.24, 2.45) is 5.92 Å². The molecule has 0 aliphatic carbocycles. The average Bonchev–Trinajstić information content (AvgIpc) is 2.70. The van der Waals surface area contributed by atoms with Crippen LogP contribution in [-0.4, -0.2) is 67.7 Å². The van der Waals surface area contributed by atoms with Crippen LogP contribution >= 0.6 is 0 Å². The minimum absolute atomic E-state index is 0.0429. The fraction of sp³-hybridized carbons (Fsp3) is 0.650. The number of benzene rings is 1. The number of carbonyl (C=O) groups excluding carboxylic acids is 1. The third kappa shape index (κ3) is 5.42. The van der Waals surface area contributed by atoms with Crippen molar-refractivity contribution in [1.29, 1.82) is 0 Å². The summed E-state index contributed by atoms with van der Waals surface area (Å²) >= 11 is 0. The largest absolute Gasteiger partial charge is 0.378 e. The number of amides is 1. The quantitative estimate of drug-likeness (QED) is 0.513. The summed E-state index contributed by atoms with van der Waals surface area (Å²) in [6.45, 7) is 13.1. The van der Waals surface area contributed by atoms with E-state index < -0.39 is 4.92 Å². The van der Waals surface area contributed by atoms with Gasteiger partial charge in [-0.3, -0.25) is 19.8 Å². The molecule has 28 heavy (non-hydrogen) atoms. The zero-order chi connectivity index (χ0) is 20.7. The van der Waals surface area contributed by atoms with Crippen LogP contribution in [0.5, 0.6) is 0 Å². The molecule has 1 fully saturated rings. The van der Waals surface area contributed by atoms with Gasteiger partial charge in [0.2, 0.25) is 0 Å². The number of likely N-dealkylation sites (N-methyl/N-ethyl adjacent to an activating group) is 1. The van der Waals surface area contributed by atoms with Gasteiger partial charge in [0.15, 0.2) is 0 Å². The second kappa shape index (κ2) is 10.4. The van der Waals surface area contributed by atoms with E-state index in [0.717, 1.165) is 13.1 Å². The smallest absolute Gasteiger partial charge is 0.293 e. The minimum Gasteiger partial charge on any atom is -0.378 e. The lowest BCUT2D eigenvalue weighted by Gasteiger charge is -2.32. The molecule has 1 aliphatic heterocycles. The van der Waals surface area contributed by atoms with Gasteiger partial charge in [-0.15, -0.1) is 0 Å². The summed E-state index contributed by atoms with van der Waals surface area (Å²) in [5.74, 6) is 0.104. The van der Waals surface area contributed by atoms with Gasteiger partial charge in [0.25, 0.3) is 11.6 Å². The third-order valence-corrected chi connectivity index (χ3v) is 5.31. The van der Waals surface area contributed by atoms with Gasteiger partial charge in [-0.25, -0.2) is 0 Å². The highest BCUT2D eigenvalue weighted by Crippen LogP contribution is 2.30. The number of nitro groups is 1. The van der Waals surface area contributed by atoms with Crippen molar-refractivity contribution in [3.05, 3.63) is 33.9 Å². The molecule has 1 saturated heterocycles. The number of anilines is 1. The molecular weight excluding hydrogens is 360 g/mol. The van der Waals surface area contributed by atoms with Gasteiger partial charge in [-0.1, -0.05) is 27.7 Å². The SMILES string of the molecule is CCN(CC)[C@@H](CNC(=O)c1ccc(N2CCOCC2)c([N+](=O)[O-])c1)C(C)C. The van der Waals surface area contributed by atoms with Crippen LogP contribution in [0.15, 0.2) is 18.2 Å². The highest BCUT2D eigenvalue weighted by atomic mass is 16.6. The maximum Gasteiger partial charge on any atom is 0.293 e. The standard InChI is InChI=1S/C20H32N4O4/c1-5-22(6-2)19(15(3)4)14-21-20(25)16-7-8-17(18(13-16)24(26)27)23-9-11-28-12-10-23/h7-8,13,15,19H,5-6,9-12,14H2,1-4H3,(H,21,25)/t19-/m0/s1. The Kier molecular flexibility index (Phi) is 8.19. The molecular formula is C20H32N4O4. The highest BCUT2D eigenvalue weighted by molar-refractivity contribution is 5.95. The van der Waals surface area contributed by atoms with Crippen LogP contribution in [-0.2, 0) is 4.74 Å². The Hall–Kier alpha value is -2.19. The fourth-order valence-corrected chi connectivity index (χ4v) is 3.66. The maximum atomic E-state index is 12.6. The lowest BCUT2D eigenvalue weighted by atomic mass is 10.0. The van der Waals surface area contributed by atoms with Gasteiger partial charge >= 0.3 is 0 Å². The Labute approximate surface area is 167 Å². The summed E-state index contributed by atoms with van der Waals surface area (Å²) in [5.41, 5.74) is 0.803. The van der Waals surface area contributed by atoms with E-state index in [1.54, 1.807) is 12.1 Å². The summed E-state index contributed by atoms with van der Waals surface area (Å²) in [6.07, 6.45) is 0. The molecule has 1 heterocycles. The Morgan fingerprint density at radius 1 is 1.29 bits per heavy atom. The number of nitrogens with zero attached hydrogens (tertiary/aromatic N) is 3. The molecule has 1 aromatic carbocycles. The van der Waals surface area contributed by atoms with Crippen molar-refractivity contribution in [3.63, 3.8) is 0 Å². The zero-order valence-corrected chi connectivity index (χ0v) is 17.3. The number of nitro benzene ring substituents is 1. The number of morpholine rings is 1. The van der Waals surface area contributed by atoms with Crippen molar-refractivity contribution in [2.75, 3.05) is 50.8 Å². The first-order chi connectivity index (χ1) is 13.4. The second-order valence-electron chi connectivity index (χ2n) is 7.30. The van der Waals surface area contributed by atoms with Crippen LogP contribution in [0.3, 0.4) is 0 Å². The molecule has 1 amide bonds. The fourth-order valence-electron chi connectivity index (χ4n) is 3.66. The molecule has 0 aromatic heterocycles. The van der Waals surface area contributed by atoms with Crippen molar-refractivity contribution in [1.82, 2.24) is 10.2 Å². The van der Waals surface area contributed by atoms with Gasteiger partial charge in [0.05, 0.1) is 18.1 Å². The first kappa shape index (κ1) is 22.1. The first-order valence-corrected chi connectivity index (χ1v) is 10.0. The highest BCUT2D eigenvalue weighted by Gasteiger charge is 2.24. The maximum absolute atomic E-state index is 12.6. The number of hydrogen-bond acceptors (Lipinski definition) is 6. The van der Waals surface area contributed by atoms with Gasteiger partial charge < -0.3 is 15.0 Å². The van der Waals surface area contributed by atoms with E-state index in [1.807, 2.05) is 4.90 Å². The minimum atomic E-state index is -0.422. The lowest BCUT2D eigenvalue weighted by molar-refractivity contribution is -0.384. The molecule has 1 N–H and O–H groups in total. The summed E-state index contributed by atoms with van der Waals surface area (Å²) in [7, 11) is 0. The van der Waals surface area contributed by atoms with E-state index in [1.165, 1.54) is 6.07 Å². The van der Waals surface area contributed by atoms with E-state index in [2.05, 4.69) is 37.9 Å². The van der Waals surface area contributed by atoms with Crippen molar-refractivity contribution in [3.8, 4) is 0 Å². The molecule has 1 aromatic rings. The number of ether oxygens (including phenoxy) is 1. The molecule has 0 radical (unpaired) electrons. The predicted molar refractivity (Wildman–Crippen MR) is 110 cm³/mol. The average molecular weight is 393 g/mol. The van der Waals surface area contributed by atoms with Gasteiger partial charge in [0.1, 0.15) is 5.69 Å². The van der Waals surface area contributed by atoms with Crippen LogP contribution in [0.1, 0.15) is 38.1 Å². The van der Waals surface area contributed by atoms with E-state index in [0.29, 0.717) is 50.0 Å².